The quantitative estimate of drug-likeness (QED) is 0.527. The van der Waals surface area contributed by atoms with Crippen molar-refractivity contribution in [1.29, 1.82) is 0 Å². The first-order valence-corrected chi connectivity index (χ1v) is 9.08. The van der Waals surface area contributed by atoms with E-state index in [9.17, 15) is 27.9 Å². The number of amides is 1. The van der Waals surface area contributed by atoms with Crippen LogP contribution in [-0.2, 0) is 20.9 Å². The Morgan fingerprint density at radius 1 is 1.17 bits per heavy atom. The predicted molar refractivity (Wildman–Crippen MR) is 102 cm³/mol. The van der Waals surface area contributed by atoms with E-state index in [-0.39, 0.29) is 5.91 Å². The van der Waals surface area contributed by atoms with Crippen molar-refractivity contribution in [3.63, 3.8) is 0 Å². The topological polar surface area (TPSA) is 107 Å². The summed E-state index contributed by atoms with van der Waals surface area (Å²) < 4.78 is 31.0. The number of carboxylic acids is 2. The lowest BCUT2D eigenvalue weighted by molar-refractivity contribution is -0.192. The van der Waals surface area contributed by atoms with Gasteiger partial charge in [0, 0.05) is 18.2 Å². The summed E-state index contributed by atoms with van der Waals surface area (Å²) in [6.07, 6.45) is -3.83. The SMILES string of the molecule is CC(=O)N[C@H](C(=O)O)C1(S)CCN(Cc2ccccc2)CC1.O=C(O)C(F)(F)F. The van der Waals surface area contributed by atoms with Gasteiger partial charge in [-0.25, -0.2) is 9.59 Å². The minimum absolute atomic E-state index is 0.340. The van der Waals surface area contributed by atoms with Crippen LogP contribution in [0.4, 0.5) is 13.2 Å². The van der Waals surface area contributed by atoms with E-state index in [0.717, 1.165) is 19.6 Å². The molecule has 1 fully saturated rings. The lowest BCUT2D eigenvalue weighted by Gasteiger charge is -2.41. The van der Waals surface area contributed by atoms with Gasteiger partial charge in [-0.15, -0.1) is 0 Å². The van der Waals surface area contributed by atoms with Gasteiger partial charge >= 0.3 is 18.1 Å². The number of aliphatic carboxylic acids is 2. The predicted octanol–water partition coefficient (Wildman–Crippen LogP) is 2.17. The Balaban J connectivity index is 0.000000516. The van der Waals surface area contributed by atoms with E-state index in [1.54, 1.807) is 0 Å². The first-order chi connectivity index (χ1) is 13.3. The van der Waals surface area contributed by atoms with Crippen LogP contribution in [0, 0.1) is 0 Å². The zero-order valence-electron chi connectivity index (χ0n) is 15.6. The maximum absolute atomic E-state index is 11.4. The molecule has 1 atom stereocenters. The van der Waals surface area contributed by atoms with Gasteiger partial charge in [0.2, 0.25) is 5.91 Å². The molecule has 1 aromatic rings. The number of carbonyl (C=O) groups excluding carboxylic acids is 1. The third-order valence-electron chi connectivity index (χ3n) is 4.35. The van der Waals surface area contributed by atoms with Crippen LogP contribution in [-0.4, -0.2) is 63.0 Å². The number of alkyl halides is 3. The molecular formula is C18H23F3N2O5S. The van der Waals surface area contributed by atoms with Gasteiger partial charge in [-0.3, -0.25) is 9.69 Å². The van der Waals surface area contributed by atoms with Crippen molar-refractivity contribution >= 4 is 30.5 Å². The van der Waals surface area contributed by atoms with E-state index in [4.69, 9.17) is 9.90 Å². The summed E-state index contributed by atoms with van der Waals surface area (Å²) in [4.78, 5) is 33.8. The molecular weight excluding hydrogens is 413 g/mol. The Bertz CT molecular complexity index is 707. The molecule has 29 heavy (non-hydrogen) atoms. The molecule has 162 valence electrons. The maximum atomic E-state index is 11.4. The molecule has 1 saturated heterocycles. The molecule has 1 heterocycles. The van der Waals surface area contributed by atoms with Crippen LogP contribution in [0.1, 0.15) is 25.3 Å². The fourth-order valence-electron chi connectivity index (χ4n) is 2.86. The normalized spacial score (nSPS) is 17.4. The molecule has 0 aromatic heterocycles. The Morgan fingerprint density at radius 3 is 2.03 bits per heavy atom. The smallest absolute Gasteiger partial charge is 0.480 e. The van der Waals surface area contributed by atoms with Crippen LogP contribution in [0.3, 0.4) is 0 Å². The minimum atomic E-state index is -5.08. The zero-order chi connectivity index (χ0) is 22.2. The highest BCUT2D eigenvalue weighted by atomic mass is 32.1. The van der Waals surface area contributed by atoms with Crippen molar-refractivity contribution in [3.05, 3.63) is 35.9 Å². The summed E-state index contributed by atoms with van der Waals surface area (Å²) in [5.74, 6) is -4.12. The second-order valence-electron chi connectivity index (χ2n) is 6.64. The van der Waals surface area contributed by atoms with Crippen molar-refractivity contribution in [2.75, 3.05) is 13.1 Å². The van der Waals surface area contributed by atoms with Crippen LogP contribution < -0.4 is 5.32 Å². The molecule has 1 aliphatic heterocycles. The number of likely N-dealkylation sites (tertiary alicyclic amines) is 1. The number of nitrogens with one attached hydrogen (secondary N) is 1. The molecule has 7 nitrogen and oxygen atoms in total. The number of thiol groups is 1. The van der Waals surface area contributed by atoms with Gasteiger partial charge in [-0.05, 0) is 31.5 Å². The lowest BCUT2D eigenvalue weighted by atomic mass is 9.87. The number of nitrogens with zero attached hydrogens (tertiary/aromatic N) is 1. The molecule has 1 amide bonds. The van der Waals surface area contributed by atoms with Gasteiger partial charge in [0.15, 0.2) is 0 Å². The maximum Gasteiger partial charge on any atom is 0.490 e. The van der Waals surface area contributed by atoms with Crippen LogP contribution in [0.5, 0.6) is 0 Å². The average molecular weight is 436 g/mol. The highest BCUT2D eigenvalue weighted by molar-refractivity contribution is 7.82. The molecule has 1 aliphatic rings. The fourth-order valence-corrected chi connectivity index (χ4v) is 3.23. The van der Waals surface area contributed by atoms with E-state index in [0.29, 0.717) is 12.8 Å². The Morgan fingerprint density at radius 2 is 1.66 bits per heavy atom. The van der Waals surface area contributed by atoms with Gasteiger partial charge in [0.05, 0.1) is 0 Å². The van der Waals surface area contributed by atoms with Crippen LogP contribution >= 0.6 is 12.6 Å². The van der Waals surface area contributed by atoms with Crippen molar-refractivity contribution in [3.8, 4) is 0 Å². The largest absolute Gasteiger partial charge is 0.490 e. The number of halogens is 3. The fraction of sp³-hybridized carbons (Fsp3) is 0.500. The summed E-state index contributed by atoms with van der Waals surface area (Å²) in [6, 6.07) is 9.23. The Labute approximate surface area is 171 Å². The summed E-state index contributed by atoms with van der Waals surface area (Å²) in [6.45, 7) is 3.71. The van der Waals surface area contributed by atoms with E-state index in [2.05, 4.69) is 35.0 Å². The van der Waals surface area contributed by atoms with Gasteiger partial charge in [0.25, 0.3) is 0 Å². The van der Waals surface area contributed by atoms with Crippen molar-refractivity contribution in [2.45, 2.75) is 43.3 Å². The van der Waals surface area contributed by atoms with Crippen molar-refractivity contribution in [1.82, 2.24) is 10.2 Å². The monoisotopic (exact) mass is 436 g/mol. The molecule has 0 bridgehead atoms. The molecule has 0 aliphatic carbocycles. The lowest BCUT2D eigenvalue weighted by Crippen LogP contribution is -2.57. The highest BCUT2D eigenvalue weighted by Crippen LogP contribution is 2.33. The van der Waals surface area contributed by atoms with E-state index in [1.165, 1.54) is 12.5 Å². The second-order valence-corrected chi connectivity index (χ2v) is 7.53. The van der Waals surface area contributed by atoms with Crippen LogP contribution in [0.2, 0.25) is 0 Å². The molecule has 0 radical (unpaired) electrons. The number of hydrogen-bond acceptors (Lipinski definition) is 5. The first kappa shape index (κ1) is 24.8. The van der Waals surface area contributed by atoms with Crippen molar-refractivity contribution < 1.29 is 37.8 Å². The van der Waals surface area contributed by atoms with Crippen LogP contribution in [0.25, 0.3) is 0 Å². The van der Waals surface area contributed by atoms with Gasteiger partial charge < -0.3 is 15.5 Å². The summed E-state index contributed by atoms with van der Waals surface area (Å²) in [5, 5.41) is 19.0. The zero-order valence-corrected chi connectivity index (χ0v) is 16.5. The third-order valence-corrected chi connectivity index (χ3v) is 5.05. The summed E-state index contributed by atoms with van der Waals surface area (Å²) in [7, 11) is 0. The number of hydrogen-bond donors (Lipinski definition) is 4. The van der Waals surface area contributed by atoms with E-state index < -0.39 is 28.9 Å². The minimum Gasteiger partial charge on any atom is -0.480 e. The Hall–Kier alpha value is -2.27. The molecule has 0 spiro atoms. The van der Waals surface area contributed by atoms with Gasteiger partial charge in [-0.2, -0.15) is 25.8 Å². The van der Waals surface area contributed by atoms with Crippen molar-refractivity contribution in [2.24, 2.45) is 0 Å². The second kappa shape index (κ2) is 10.5. The van der Waals surface area contributed by atoms with Gasteiger partial charge in [0.1, 0.15) is 6.04 Å². The van der Waals surface area contributed by atoms with E-state index in [1.807, 2.05) is 18.2 Å². The Kier molecular flexibility index (Phi) is 8.96. The number of carboxylic acid groups (broad SMARTS) is 2. The highest BCUT2D eigenvalue weighted by Gasteiger charge is 2.43. The molecule has 2 rings (SSSR count). The number of rotatable bonds is 5. The number of carbonyl (C=O) groups is 3. The molecule has 0 saturated carbocycles. The molecule has 11 heteroatoms. The first-order valence-electron chi connectivity index (χ1n) is 8.64. The molecule has 1 aromatic carbocycles. The number of benzene rings is 1. The third kappa shape index (κ3) is 8.32. The van der Waals surface area contributed by atoms with Crippen LogP contribution in [0.15, 0.2) is 30.3 Å². The molecule has 0 unspecified atom stereocenters. The molecule has 3 N–H and O–H groups in total. The number of piperidine rings is 1. The summed E-state index contributed by atoms with van der Waals surface area (Å²) >= 11 is 4.60. The van der Waals surface area contributed by atoms with Gasteiger partial charge in [-0.1, -0.05) is 30.3 Å². The summed E-state index contributed by atoms with van der Waals surface area (Å²) in [5.41, 5.74) is 1.24. The van der Waals surface area contributed by atoms with E-state index >= 15 is 0 Å². The average Bonchev–Trinajstić information content (AvgIpc) is 2.62. The standard InChI is InChI=1S/C16H22N2O3S.C2HF3O2/c1-12(19)17-14(15(20)21)16(22)7-9-18(10-8-16)11-13-5-3-2-4-6-13;3-2(4,5)1(6)7/h2-6,14,22H,7-11H2,1H3,(H,17,19)(H,20,21);(H,6,7)/t14-;/m1./s1.